The minimum absolute atomic E-state index is 0.00734. The van der Waals surface area contributed by atoms with Gasteiger partial charge in [0.2, 0.25) is 10.0 Å². The van der Waals surface area contributed by atoms with Crippen molar-refractivity contribution in [3.05, 3.63) is 23.8 Å². The van der Waals surface area contributed by atoms with E-state index in [9.17, 15) is 8.42 Å². The quantitative estimate of drug-likeness (QED) is 0.660. The molecule has 1 rings (SSSR count). The largest absolute Gasteiger partial charge is 0.493 e. The first-order valence-electron chi connectivity index (χ1n) is 6.47. The van der Waals surface area contributed by atoms with Crippen LogP contribution in [0.4, 0.5) is 0 Å². The normalized spacial score (nSPS) is 11.3. The van der Waals surface area contributed by atoms with Crippen LogP contribution >= 0.6 is 0 Å². The van der Waals surface area contributed by atoms with Crippen LogP contribution < -0.4 is 19.9 Å². The molecular formula is C13H22N2O4S. The summed E-state index contributed by atoms with van der Waals surface area (Å²) >= 11 is 0. The molecule has 0 unspecified atom stereocenters. The smallest absolute Gasteiger partial charge is 0.209 e. The zero-order chi connectivity index (χ0) is 15.0. The lowest BCUT2D eigenvalue weighted by atomic mass is 10.2. The third-order valence-corrected chi connectivity index (χ3v) is 3.50. The molecule has 1 aromatic rings. The van der Waals surface area contributed by atoms with E-state index < -0.39 is 10.0 Å². The molecule has 0 spiro atoms. The summed E-state index contributed by atoms with van der Waals surface area (Å²) in [6, 6.07) is 5.71. The molecule has 6 nitrogen and oxygen atoms in total. The van der Waals surface area contributed by atoms with Crippen LogP contribution in [0.3, 0.4) is 0 Å². The molecule has 0 fully saturated rings. The van der Waals surface area contributed by atoms with Gasteiger partial charge in [-0.2, -0.15) is 0 Å². The van der Waals surface area contributed by atoms with Gasteiger partial charge in [0.25, 0.3) is 0 Å². The van der Waals surface area contributed by atoms with Crippen molar-refractivity contribution in [2.75, 3.05) is 26.0 Å². The van der Waals surface area contributed by atoms with Gasteiger partial charge in [-0.1, -0.05) is 6.07 Å². The van der Waals surface area contributed by atoms with E-state index in [4.69, 9.17) is 14.6 Å². The van der Waals surface area contributed by atoms with E-state index in [0.29, 0.717) is 37.6 Å². The van der Waals surface area contributed by atoms with Crippen LogP contribution in [0.1, 0.15) is 18.9 Å². The fraction of sp³-hybridized carbons (Fsp3) is 0.538. The van der Waals surface area contributed by atoms with Crippen molar-refractivity contribution in [3.8, 4) is 11.5 Å². The highest BCUT2D eigenvalue weighted by Crippen LogP contribution is 2.27. The Morgan fingerprint density at radius 2 is 2.05 bits per heavy atom. The van der Waals surface area contributed by atoms with Crippen molar-refractivity contribution in [2.24, 2.45) is 5.14 Å². The Kier molecular flexibility index (Phi) is 6.77. The number of nitrogens with two attached hydrogens (primary N) is 1. The van der Waals surface area contributed by atoms with Gasteiger partial charge in [0.1, 0.15) is 0 Å². The molecule has 0 atom stereocenters. The van der Waals surface area contributed by atoms with E-state index in [0.717, 1.165) is 5.56 Å². The lowest BCUT2D eigenvalue weighted by Gasteiger charge is -2.11. The number of hydrogen-bond donors (Lipinski definition) is 2. The van der Waals surface area contributed by atoms with Crippen LogP contribution in [0.2, 0.25) is 0 Å². The molecule has 1 aromatic carbocycles. The second-order valence-corrected chi connectivity index (χ2v) is 6.05. The molecule has 0 bridgehead atoms. The Labute approximate surface area is 120 Å². The topological polar surface area (TPSA) is 90.6 Å². The summed E-state index contributed by atoms with van der Waals surface area (Å²) in [6.07, 6.45) is 0.493. The highest BCUT2D eigenvalue weighted by molar-refractivity contribution is 7.89. The Bertz CT molecular complexity index is 517. The zero-order valence-electron chi connectivity index (χ0n) is 11.9. The molecule has 0 saturated carbocycles. The predicted molar refractivity (Wildman–Crippen MR) is 78.5 cm³/mol. The van der Waals surface area contributed by atoms with Crippen molar-refractivity contribution in [2.45, 2.75) is 19.9 Å². The fourth-order valence-corrected chi connectivity index (χ4v) is 2.27. The average Bonchev–Trinajstić information content (AvgIpc) is 2.38. The number of sulfonamides is 1. The van der Waals surface area contributed by atoms with Crippen molar-refractivity contribution >= 4 is 10.0 Å². The van der Waals surface area contributed by atoms with E-state index in [1.807, 2.05) is 25.1 Å². The Balaban J connectivity index is 2.44. The van der Waals surface area contributed by atoms with E-state index in [1.165, 1.54) is 0 Å². The standard InChI is InChI=1S/C13H22N2O4S/c1-3-19-12-6-5-11(9-13(12)18-2)10-15-7-4-8-20(14,16)17/h5-6,9,15H,3-4,7-8,10H2,1-2H3,(H2,14,16,17). The van der Waals surface area contributed by atoms with Crippen LogP contribution in [0.15, 0.2) is 18.2 Å². The first kappa shape index (κ1) is 16.7. The molecule has 114 valence electrons. The molecule has 0 aliphatic rings. The SMILES string of the molecule is CCOc1ccc(CNCCCS(N)(=O)=O)cc1OC. The third-order valence-electron chi connectivity index (χ3n) is 2.64. The van der Waals surface area contributed by atoms with Gasteiger partial charge in [0.15, 0.2) is 11.5 Å². The van der Waals surface area contributed by atoms with Crippen LogP contribution in [-0.2, 0) is 16.6 Å². The lowest BCUT2D eigenvalue weighted by molar-refractivity contribution is 0.310. The molecule has 0 radical (unpaired) electrons. The maximum absolute atomic E-state index is 10.8. The second kappa shape index (κ2) is 8.08. The zero-order valence-corrected chi connectivity index (χ0v) is 12.7. The molecule has 7 heteroatoms. The number of hydrogen-bond acceptors (Lipinski definition) is 5. The Morgan fingerprint density at radius 1 is 1.30 bits per heavy atom. The third kappa shape index (κ3) is 6.23. The molecule has 0 amide bonds. The van der Waals surface area contributed by atoms with Crippen LogP contribution in [-0.4, -0.2) is 34.4 Å². The van der Waals surface area contributed by atoms with Gasteiger partial charge in [-0.15, -0.1) is 0 Å². The van der Waals surface area contributed by atoms with Gasteiger partial charge in [0, 0.05) is 6.54 Å². The van der Waals surface area contributed by atoms with Crippen molar-refractivity contribution in [3.63, 3.8) is 0 Å². The van der Waals surface area contributed by atoms with Crippen molar-refractivity contribution < 1.29 is 17.9 Å². The number of primary sulfonamides is 1. The maximum atomic E-state index is 10.8. The summed E-state index contributed by atoms with van der Waals surface area (Å²) in [5.74, 6) is 1.40. The van der Waals surface area contributed by atoms with Crippen LogP contribution in [0, 0.1) is 0 Å². The summed E-state index contributed by atoms with van der Waals surface area (Å²) in [4.78, 5) is 0. The van der Waals surface area contributed by atoms with Crippen LogP contribution in [0.5, 0.6) is 11.5 Å². The first-order valence-corrected chi connectivity index (χ1v) is 8.18. The number of ether oxygens (including phenoxy) is 2. The molecule has 0 saturated heterocycles. The summed E-state index contributed by atoms with van der Waals surface area (Å²) in [5.41, 5.74) is 1.04. The maximum Gasteiger partial charge on any atom is 0.209 e. The highest BCUT2D eigenvalue weighted by Gasteiger charge is 2.05. The molecule has 0 heterocycles. The van der Waals surface area contributed by atoms with E-state index >= 15 is 0 Å². The molecular weight excluding hydrogens is 280 g/mol. The molecule has 0 aliphatic carbocycles. The fourth-order valence-electron chi connectivity index (χ4n) is 1.73. The number of methoxy groups -OCH3 is 1. The molecule has 0 aromatic heterocycles. The second-order valence-electron chi connectivity index (χ2n) is 4.32. The van der Waals surface area contributed by atoms with E-state index in [-0.39, 0.29) is 5.75 Å². The minimum Gasteiger partial charge on any atom is -0.493 e. The van der Waals surface area contributed by atoms with Crippen molar-refractivity contribution in [1.29, 1.82) is 0 Å². The number of rotatable bonds is 9. The van der Waals surface area contributed by atoms with Gasteiger partial charge < -0.3 is 14.8 Å². The highest BCUT2D eigenvalue weighted by atomic mass is 32.2. The average molecular weight is 302 g/mol. The van der Waals surface area contributed by atoms with Gasteiger partial charge in [-0.3, -0.25) is 0 Å². The van der Waals surface area contributed by atoms with E-state index in [2.05, 4.69) is 5.32 Å². The first-order chi connectivity index (χ1) is 9.46. The van der Waals surface area contributed by atoms with Gasteiger partial charge in [-0.25, -0.2) is 13.6 Å². The number of benzene rings is 1. The molecule has 20 heavy (non-hydrogen) atoms. The van der Waals surface area contributed by atoms with Gasteiger partial charge in [0.05, 0.1) is 19.5 Å². The van der Waals surface area contributed by atoms with Crippen LogP contribution in [0.25, 0.3) is 0 Å². The van der Waals surface area contributed by atoms with Crippen molar-refractivity contribution in [1.82, 2.24) is 5.32 Å². The molecule has 3 N–H and O–H groups in total. The Hall–Kier alpha value is -1.31. The predicted octanol–water partition coefficient (Wildman–Crippen LogP) is 0.862. The summed E-state index contributed by atoms with van der Waals surface area (Å²) in [7, 11) is -1.77. The lowest BCUT2D eigenvalue weighted by Crippen LogP contribution is -2.22. The number of nitrogens with one attached hydrogen (secondary N) is 1. The van der Waals surface area contributed by atoms with Gasteiger partial charge >= 0.3 is 0 Å². The minimum atomic E-state index is -3.37. The summed E-state index contributed by atoms with van der Waals surface area (Å²) in [5, 5.41) is 8.09. The molecule has 0 aliphatic heterocycles. The monoisotopic (exact) mass is 302 g/mol. The summed E-state index contributed by atoms with van der Waals surface area (Å²) in [6.45, 7) is 3.72. The summed E-state index contributed by atoms with van der Waals surface area (Å²) < 4.78 is 32.2. The van der Waals surface area contributed by atoms with E-state index in [1.54, 1.807) is 7.11 Å². The Morgan fingerprint density at radius 3 is 2.65 bits per heavy atom. The van der Waals surface area contributed by atoms with Gasteiger partial charge in [-0.05, 0) is 37.6 Å².